The predicted octanol–water partition coefficient (Wildman–Crippen LogP) is 5.95. The van der Waals surface area contributed by atoms with Crippen LogP contribution < -0.4 is 10.1 Å². The van der Waals surface area contributed by atoms with Crippen LogP contribution in [0.4, 0.5) is 4.79 Å². The van der Waals surface area contributed by atoms with Crippen molar-refractivity contribution in [2.24, 2.45) is 17.8 Å². The molecule has 6 rings (SSSR count). The zero-order chi connectivity index (χ0) is 26.4. The number of carbonyl (C=O) groups is 2. The van der Waals surface area contributed by atoms with Crippen LogP contribution in [0.15, 0.2) is 60.1 Å². The van der Waals surface area contributed by atoms with Crippen molar-refractivity contribution in [3.8, 4) is 17.0 Å². The van der Waals surface area contributed by atoms with Crippen LogP contribution >= 0.6 is 11.3 Å². The summed E-state index contributed by atoms with van der Waals surface area (Å²) in [5, 5.41) is 4.88. The Morgan fingerprint density at radius 3 is 2.71 bits per heavy atom. The fraction of sp³-hybridized carbons (Fsp3) is 0.367. The maximum atomic E-state index is 14.1. The number of rotatable bonds is 5. The Morgan fingerprint density at radius 1 is 1.11 bits per heavy atom. The van der Waals surface area contributed by atoms with Crippen molar-refractivity contribution in [3.63, 3.8) is 0 Å². The monoisotopic (exact) mass is 528 g/mol. The van der Waals surface area contributed by atoms with Gasteiger partial charge in [-0.2, -0.15) is 0 Å². The molecule has 2 aromatic heterocycles. The first kappa shape index (κ1) is 24.7. The standard InChI is InChI=1S/C30H32N4O3S/c1-18-8-10-21(11-9-18)23-6-4-5-7-24(23)27(35)34-17-22-14-19(2)15-25(22)26(34)16-31-30(36)37-28-20(3)32-29-33(28)12-13-38-29/h4-13,19,22,25-26H,14-17H2,1-3H3,(H,31,36)/t19?,22-,25-,26+/m0/s1. The van der Waals surface area contributed by atoms with Crippen LogP contribution in [0.2, 0.25) is 0 Å². The van der Waals surface area contributed by atoms with Crippen molar-refractivity contribution in [1.82, 2.24) is 19.6 Å². The van der Waals surface area contributed by atoms with Gasteiger partial charge in [-0.3, -0.25) is 9.20 Å². The van der Waals surface area contributed by atoms with Gasteiger partial charge < -0.3 is 15.0 Å². The maximum Gasteiger partial charge on any atom is 0.414 e. The zero-order valence-electron chi connectivity index (χ0n) is 21.9. The third-order valence-electron chi connectivity index (χ3n) is 8.12. The Balaban J connectivity index is 1.23. The minimum Gasteiger partial charge on any atom is -0.391 e. The van der Waals surface area contributed by atoms with E-state index in [1.165, 1.54) is 16.9 Å². The summed E-state index contributed by atoms with van der Waals surface area (Å²) < 4.78 is 7.45. The SMILES string of the molecule is Cc1ccc(-c2ccccc2C(=O)N2C[C@@H]3CC(C)C[C@@H]3[C@H]2CNC(=O)Oc2c(C)nc3sccn23)cc1. The molecule has 1 unspecified atom stereocenters. The van der Waals surface area contributed by atoms with Gasteiger partial charge in [0.1, 0.15) is 5.69 Å². The molecule has 1 saturated carbocycles. The van der Waals surface area contributed by atoms with E-state index in [4.69, 9.17) is 4.74 Å². The molecular formula is C30H32N4O3S. The van der Waals surface area contributed by atoms with E-state index in [0.29, 0.717) is 48.0 Å². The molecule has 2 aromatic carbocycles. The molecule has 196 valence electrons. The van der Waals surface area contributed by atoms with Crippen molar-refractivity contribution >= 4 is 28.3 Å². The number of ether oxygens (including phenoxy) is 1. The number of aromatic nitrogens is 2. The molecule has 0 bridgehead atoms. The Kier molecular flexibility index (Phi) is 6.43. The third-order valence-corrected chi connectivity index (χ3v) is 8.87. The van der Waals surface area contributed by atoms with Crippen molar-refractivity contribution in [3.05, 3.63) is 76.9 Å². The fourth-order valence-corrected chi connectivity index (χ4v) is 7.11. The number of fused-ring (bicyclic) bond motifs is 2. The molecule has 38 heavy (non-hydrogen) atoms. The summed E-state index contributed by atoms with van der Waals surface area (Å²) in [6, 6.07) is 16.0. The summed E-state index contributed by atoms with van der Waals surface area (Å²) in [7, 11) is 0. The van der Waals surface area contributed by atoms with Crippen LogP contribution in [0.3, 0.4) is 0 Å². The molecule has 3 heterocycles. The fourth-order valence-electron chi connectivity index (χ4n) is 6.36. The Labute approximate surface area is 226 Å². The molecule has 1 aliphatic carbocycles. The van der Waals surface area contributed by atoms with Gasteiger partial charge in [-0.1, -0.05) is 55.0 Å². The molecular weight excluding hydrogens is 496 g/mol. The van der Waals surface area contributed by atoms with E-state index in [-0.39, 0.29) is 11.9 Å². The van der Waals surface area contributed by atoms with E-state index in [1.54, 1.807) is 4.40 Å². The van der Waals surface area contributed by atoms with Gasteiger partial charge in [-0.25, -0.2) is 9.78 Å². The first-order valence-electron chi connectivity index (χ1n) is 13.2. The van der Waals surface area contributed by atoms with Crippen LogP contribution in [0, 0.1) is 31.6 Å². The lowest BCUT2D eigenvalue weighted by Crippen LogP contribution is -2.46. The minimum atomic E-state index is -0.525. The quantitative estimate of drug-likeness (QED) is 0.347. The number of nitrogens with one attached hydrogen (secondary N) is 1. The minimum absolute atomic E-state index is 0.0232. The lowest BCUT2D eigenvalue weighted by molar-refractivity contribution is 0.0707. The smallest absolute Gasteiger partial charge is 0.391 e. The average molecular weight is 529 g/mol. The molecule has 4 aromatic rings. The van der Waals surface area contributed by atoms with Crippen LogP contribution in [0.25, 0.3) is 16.1 Å². The number of amides is 2. The van der Waals surface area contributed by atoms with Crippen molar-refractivity contribution in [2.45, 2.75) is 39.7 Å². The molecule has 1 N–H and O–H groups in total. The van der Waals surface area contributed by atoms with E-state index in [1.807, 2.05) is 47.7 Å². The van der Waals surface area contributed by atoms with Crippen molar-refractivity contribution in [1.29, 1.82) is 0 Å². The van der Waals surface area contributed by atoms with Gasteiger partial charge in [0.2, 0.25) is 5.88 Å². The molecule has 1 aliphatic heterocycles. The van der Waals surface area contributed by atoms with Crippen LogP contribution in [-0.2, 0) is 0 Å². The summed E-state index contributed by atoms with van der Waals surface area (Å²) in [6.07, 6.45) is 3.49. The largest absolute Gasteiger partial charge is 0.414 e. The van der Waals surface area contributed by atoms with E-state index in [9.17, 15) is 9.59 Å². The maximum absolute atomic E-state index is 14.1. The highest BCUT2D eigenvalue weighted by molar-refractivity contribution is 7.15. The van der Waals surface area contributed by atoms with Crippen LogP contribution in [0.5, 0.6) is 5.88 Å². The number of hydrogen-bond acceptors (Lipinski definition) is 5. The Bertz CT molecular complexity index is 1490. The molecule has 0 radical (unpaired) electrons. The predicted molar refractivity (Wildman–Crippen MR) is 149 cm³/mol. The molecule has 8 heteroatoms. The van der Waals surface area contributed by atoms with Crippen molar-refractivity contribution in [2.75, 3.05) is 13.1 Å². The topological polar surface area (TPSA) is 75.9 Å². The number of hydrogen-bond donors (Lipinski definition) is 1. The van der Waals surface area contributed by atoms with Gasteiger partial charge in [-0.05, 0) is 61.6 Å². The summed E-state index contributed by atoms with van der Waals surface area (Å²) in [5.74, 6) is 1.89. The summed E-state index contributed by atoms with van der Waals surface area (Å²) >= 11 is 1.49. The van der Waals surface area contributed by atoms with Crippen LogP contribution in [-0.4, -0.2) is 45.4 Å². The summed E-state index contributed by atoms with van der Waals surface area (Å²) in [4.78, 5) is 34.2. The molecule has 2 fully saturated rings. The average Bonchev–Trinajstić information content (AvgIpc) is 3.65. The van der Waals surface area contributed by atoms with Gasteiger partial charge >= 0.3 is 6.09 Å². The summed E-state index contributed by atoms with van der Waals surface area (Å²) in [6.45, 7) is 7.25. The third kappa shape index (κ3) is 4.47. The van der Waals surface area contributed by atoms with E-state index in [0.717, 1.165) is 28.9 Å². The second-order valence-electron chi connectivity index (χ2n) is 10.8. The number of carbonyl (C=O) groups excluding carboxylic acids is 2. The van der Waals surface area contributed by atoms with E-state index >= 15 is 0 Å². The van der Waals surface area contributed by atoms with Crippen LogP contribution in [0.1, 0.15) is 41.4 Å². The highest BCUT2D eigenvalue weighted by Gasteiger charge is 2.48. The summed E-state index contributed by atoms with van der Waals surface area (Å²) in [5.41, 5.74) is 4.52. The number of aryl methyl sites for hydroxylation is 2. The molecule has 1 saturated heterocycles. The van der Waals surface area contributed by atoms with E-state index < -0.39 is 6.09 Å². The molecule has 7 nitrogen and oxygen atoms in total. The zero-order valence-corrected chi connectivity index (χ0v) is 22.7. The normalized spacial score (nSPS) is 22.6. The number of imidazole rings is 1. The second-order valence-corrected chi connectivity index (χ2v) is 11.6. The van der Waals surface area contributed by atoms with Gasteiger partial charge in [0.05, 0.1) is 6.04 Å². The van der Waals surface area contributed by atoms with Crippen molar-refractivity contribution < 1.29 is 14.3 Å². The van der Waals surface area contributed by atoms with Gasteiger partial charge in [0, 0.05) is 30.2 Å². The molecule has 0 spiro atoms. The number of benzene rings is 2. The number of nitrogens with zero attached hydrogens (tertiary/aromatic N) is 3. The first-order chi connectivity index (χ1) is 18.4. The Hall–Kier alpha value is -3.65. The molecule has 4 atom stereocenters. The lowest BCUT2D eigenvalue weighted by Gasteiger charge is -2.29. The first-order valence-corrected chi connectivity index (χ1v) is 14.1. The van der Waals surface area contributed by atoms with Gasteiger partial charge in [0.25, 0.3) is 5.91 Å². The highest BCUT2D eigenvalue weighted by Crippen LogP contribution is 2.45. The second kappa shape index (κ2) is 9.91. The molecule has 2 amide bonds. The van der Waals surface area contributed by atoms with Gasteiger partial charge in [0.15, 0.2) is 4.96 Å². The lowest BCUT2D eigenvalue weighted by atomic mass is 9.93. The Morgan fingerprint density at radius 2 is 1.89 bits per heavy atom. The van der Waals surface area contributed by atoms with Gasteiger partial charge in [-0.15, -0.1) is 11.3 Å². The highest BCUT2D eigenvalue weighted by atomic mass is 32.1. The van der Waals surface area contributed by atoms with E-state index in [2.05, 4.69) is 48.4 Å². The number of likely N-dealkylation sites (tertiary alicyclic amines) is 1. The molecule has 2 aliphatic rings. The number of thiazole rings is 1.